The van der Waals surface area contributed by atoms with Gasteiger partial charge in [0, 0.05) is 35.8 Å². The molecule has 0 aromatic heterocycles. The highest BCUT2D eigenvalue weighted by Gasteiger charge is 2.41. The number of benzene rings is 1. The van der Waals surface area contributed by atoms with Crippen molar-refractivity contribution in [3.63, 3.8) is 0 Å². The van der Waals surface area contributed by atoms with Crippen LogP contribution in [0.1, 0.15) is 17.5 Å². The molecule has 6 nitrogen and oxygen atoms in total. The van der Waals surface area contributed by atoms with Gasteiger partial charge in [-0.1, -0.05) is 11.6 Å². The average molecular weight is 313 g/mol. The van der Waals surface area contributed by atoms with Gasteiger partial charge in [0.25, 0.3) is 0 Å². The predicted molar refractivity (Wildman–Crippen MR) is 76.2 cm³/mol. The molecule has 0 saturated carbocycles. The van der Waals surface area contributed by atoms with Crippen molar-refractivity contribution in [2.24, 2.45) is 5.73 Å². The number of hydrogen-bond donors (Lipinski definition) is 2. The molecule has 1 atom stereocenters. The van der Waals surface area contributed by atoms with Crippen LogP contribution in [0.4, 0.5) is 0 Å². The topological polar surface area (TPSA) is 85.0 Å². The van der Waals surface area contributed by atoms with Crippen LogP contribution in [0.5, 0.6) is 5.75 Å². The van der Waals surface area contributed by atoms with Crippen molar-refractivity contribution in [2.75, 3.05) is 19.9 Å². The van der Waals surface area contributed by atoms with Gasteiger partial charge >= 0.3 is 5.97 Å². The quantitative estimate of drug-likeness (QED) is 0.872. The smallest absolute Gasteiger partial charge is 0.325 e. The monoisotopic (exact) mass is 312 g/mol. The van der Waals surface area contributed by atoms with E-state index in [1.807, 2.05) is 17.0 Å². The minimum atomic E-state index is -1.16. The van der Waals surface area contributed by atoms with Crippen molar-refractivity contribution >= 4 is 17.6 Å². The minimum absolute atomic E-state index is 0.220. The summed E-state index contributed by atoms with van der Waals surface area (Å²) in [6.07, 6.45) is 0.440. The van der Waals surface area contributed by atoms with E-state index >= 15 is 0 Å². The van der Waals surface area contributed by atoms with E-state index in [1.165, 1.54) is 0 Å². The van der Waals surface area contributed by atoms with Crippen molar-refractivity contribution in [3.05, 3.63) is 28.3 Å². The number of aliphatic carboxylic acids is 1. The molecule has 0 bridgehead atoms. The van der Waals surface area contributed by atoms with Crippen molar-refractivity contribution in [1.82, 2.24) is 4.90 Å². The van der Waals surface area contributed by atoms with Crippen LogP contribution in [0.15, 0.2) is 12.1 Å². The number of carbonyl (C=O) groups is 1. The molecule has 0 amide bonds. The Morgan fingerprint density at radius 1 is 1.52 bits per heavy atom. The summed E-state index contributed by atoms with van der Waals surface area (Å²) in [5.74, 6) is -0.168. The Labute approximate surface area is 127 Å². The number of carboxylic acids is 1. The zero-order valence-corrected chi connectivity index (χ0v) is 12.2. The lowest BCUT2D eigenvalue weighted by Gasteiger charge is -2.24. The summed E-state index contributed by atoms with van der Waals surface area (Å²) in [4.78, 5) is 13.2. The van der Waals surface area contributed by atoms with Crippen LogP contribution in [0, 0.1) is 0 Å². The fourth-order valence-corrected chi connectivity index (χ4v) is 3.10. The summed E-state index contributed by atoms with van der Waals surface area (Å²) in [6, 6.07) is 3.68. The second kappa shape index (κ2) is 5.46. The van der Waals surface area contributed by atoms with Gasteiger partial charge in [0.05, 0.1) is 6.61 Å². The lowest BCUT2D eigenvalue weighted by molar-refractivity contribution is -0.142. The maximum Gasteiger partial charge on any atom is 0.325 e. The highest BCUT2D eigenvalue weighted by Crippen LogP contribution is 2.33. The standard InChI is InChI=1S/C14H17ClN2O4/c15-11-3-9(12-10(4-11)6-20-8-21-12)5-17-2-1-14(16,7-17)13(18)19/h3-4H,1-2,5-8,16H2,(H,18,19). The lowest BCUT2D eigenvalue weighted by Crippen LogP contribution is -2.50. The largest absolute Gasteiger partial charge is 0.480 e. The van der Waals surface area contributed by atoms with Crippen LogP contribution in [0.2, 0.25) is 5.02 Å². The second-order valence-corrected chi connectivity index (χ2v) is 6.02. The summed E-state index contributed by atoms with van der Waals surface area (Å²) >= 11 is 6.13. The van der Waals surface area contributed by atoms with E-state index in [0.717, 1.165) is 16.9 Å². The molecule has 7 heteroatoms. The van der Waals surface area contributed by atoms with Crippen LogP contribution in [-0.2, 0) is 22.7 Å². The first-order valence-corrected chi connectivity index (χ1v) is 7.12. The highest BCUT2D eigenvalue weighted by atomic mass is 35.5. The molecule has 3 N–H and O–H groups in total. The maximum absolute atomic E-state index is 11.2. The molecule has 0 spiro atoms. The van der Waals surface area contributed by atoms with Gasteiger partial charge in [-0.05, 0) is 18.6 Å². The van der Waals surface area contributed by atoms with Crippen LogP contribution < -0.4 is 10.5 Å². The Bertz CT molecular complexity index is 580. The molecule has 0 aliphatic carbocycles. The van der Waals surface area contributed by atoms with Gasteiger partial charge < -0.3 is 20.3 Å². The van der Waals surface area contributed by atoms with Gasteiger partial charge in [0.15, 0.2) is 6.79 Å². The number of halogens is 1. The first-order chi connectivity index (χ1) is 9.98. The molecule has 2 aliphatic rings. The summed E-state index contributed by atoms with van der Waals surface area (Å²) in [7, 11) is 0. The third-order valence-corrected chi connectivity index (χ3v) is 4.17. The third-order valence-electron chi connectivity index (χ3n) is 3.95. The average Bonchev–Trinajstić information content (AvgIpc) is 2.81. The first-order valence-electron chi connectivity index (χ1n) is 6.74. The lowest BCUT2D eigenvalue weighted by atomic mass is 10.0. The van der Waals surface area contributed by atoms with E-state index in [9.17, 15) is 9.90 Å². The van der Waals surface area contributed by atoms with Gasteiger partial charge in [0.1, 0.15) is 11.3 Å². The van der Waals surface area contributed by atoms with Crippen molar-refractivity contribution in [2.45, 2.75) is 25.1 Å². The number of hydrogen-bond acceptors (Lipinski definition) is 5. The zero-order chi connectivity index (χ0) is 15.0. The van der Waals surface area contributed by atoms with Gasteiger partial charge in [-0.15, -0.1) is 0 Å². The van der Waals surface area contributed by atoms with Crippen molar-refractivity contribution in [1.29, 1.82) is 0 Å². The number of fused-ring (bicyclic) bond motifs is 1. The third kappa shape index (κ3) is 2.85. The molecule has 1 unspecified atom stereocenters. The fraction of sp³-hybridized carbons (Fsp3) is 0.500. The molecule has 2 aliphatic heterocycles. The molecule has 2 heterocycles. The molecular weight excluding hydrogens is 296 g/mol. The van der Waals surface area contributed by atoms with Crippen molar-refractivity contribution in [3.8, 4) is 5.75 Å². The number of nitrogens with zero attached hydrogens (tertiary/aromatic N) is 1. The second-order valence-electron chi connectivity index (χ2n) is 5.59. The van der Waals surface area contributed by atoms with E-state index in [1.54, 1.807) is 0 Å². The SMILES string of the molecule is NC1(C(=O)O)CCN(Cc2cc(Cl)cc3c2OCOC3)C1. The molecular formula is C14H17ClN2O4. The Morgan fingerprint density at radius 2 is 2.33 bits per heavy atom. The number of carboxylic acid groups (broad SMARTS) is 1. The molecule has 1 saturated heterocycles. The van der Waals surface area contributed by atoms with Gasteiger partial charge in [-0.3, -0.25) is 9.69 Å². The maximum atomic E-state index is 11.2. The number of ether oxygens (including phenoxy) is 2. The van der Waals surface area contributed by atoms with Gasteiger partial charge in [-0.25, -0.2) is 0 Å². The highest BCUT2D eigenvalue weighted by molar-refractivity contribution is 6.30. The number of rotatable bonds is 3. The summed E-state index contributed by atoms with van der Waals surface area (Å²) in [5, 5.41) is 9.80. The van der Waals surface area contributed by atoms with Gasteiger partial charge in [-0.2, -0.15) is 0 Å². The van der Waals surface area contributed by atoms with E-state index < -0.39 is 11.5 Å². The van der Waals surface area contributed by atoms with Gasteiger partial charge in [0.2, 0.25) is 0 Å². The predicted octanol–water partition coefficient (Wildman–Crippen LogP) is 1.19. The van der Waals surface area contributed by atoms with Crippen molar-refractivity contribution < 1.29 is 19.4 Å². The van der Waals surface area contributed by atoms with Crippen LogP contribution in [0.3, 0.4) is 0 Å². The summed E-state index contributed by atoms with van der Waals surface area (Å²) in [5.41, 5.74) is 6.59. The Morgan fingerprint density at radius 3 is 3.05 bits per heavy atom. The molecule has 21 heavy (non-hydrogen) atoms. The summed E-state index contributed by atoms with van der Waals surface area (Å²) < 4.78 is 10.8. The molecule has 1 aromatic rings. The van der Waals surface area contributed by atoms with E-state index in [4.69, 9.17) is 26.8 Å². The fourth-order valence-electron chi connectivity index (χ4n) is 2.84. The molecule has 1 fully saturated rings. The normalized spacial score (nSPS) is 25.4. The first kappa shape index (κ1) is 14.6. The number of likely N-dealkylation sites (tertiary alicyclic amines) is 1. The molecule has 1 aromatic carbocycles. The van der Waals surface area contributed by atoms with Crippen LogP contribution >= 0.6 is 11.6 Å². The molecule has 0 radical (unpaired) electrons. The summed E-state index contributed by atoms with van der Waals surface area (Å²) in [6.45, 7) is 2.21. The molecule has 114 valence electrons. The van der Waals surface area contributed by atoms with E-state index in [0.29, 0.717) is 37.7 Å². The van der Waals surface area contributed by atoms with E-state index in [2.05, 4.69) is 0 Å². The number of nitrogens with two attached hydrogens (primary N) is 1. The Hall–Kier alpha value is -1.34. The van der Waals surface area contributed by atoms with E-state index in [-0.39, 0.29) is 6.79 Å². The Kier molecular flexibility index (Phi) is 3.79. The molecule has 3 rings (SSSR count). The van der Waals surface area contributed by atoms with Crippen LogP contribution in [0.25, 0.3) is 0 Å². The minimum Gasteiger partial charge on any atom is -0.480 e. The van der Waals surface area contributed by atoms with Crippen LogP contribution in [-0.4, -0.2) is 41.4 Å². The Balaban J connectivity index is 1.80. The zero-order valence-electron chi connectivity index (χ0n) is 11.5.